The molecule has 0 aromatic heterocycles. The van der Waals surface area contributed by atoms with E-state index < -0.39 is 21.7 Å². The molecule has 0 heterocycles. The first-order valence-corrected chi connectivity index (χ1v) is 7.59. The van der Waals surface area contributed by atoms with Gasteiger partial charge in [0.05, 0.1) is 11.4 Å². The van der Waals surface area contributed by atoms with E-state index in [2.05, 4.69) is 4.72 Å². The van der Waals surface area contributed by atoms with E-state index in [1.54, 1.807) is 0 Å². The minimum atomic E-state index is -3.81. The number of rotatable bonds is 4. The van der Waals surface area contributed by atoms with E-state index in [0.717, 1.165) is 18.2 Å². The molecule has 0 fully saturated rings. The molecule has 0 aliphatic carbocycles. The Kier molecular flexibility index (Phi) is 4.25. The number of anilines is 1. The van der Waals surface area contributed by atoms with Crippen molar-refractivity contribution in [3.63, 3.8) is 0 Å². The van der Waals surface area contributed by atoms with Gasteiger partial charge in [0, 0.05) is 5.02 Å². The van der Waals surface area contributed by atoms with Crippen molar-refractivity contribution >= 4 is 27.3 Å². The first-order chi connectivity index (χ1) is 9.35. The second-order valence-electron chi connectivity index (χ2n) is 4.11. The Labute approximate surface area is 120 Å². The first-order valence-electron chi connectivity index (χ1n) is 5.56. The van der Waals surface area contributed by atoms with Crippen LogP contribution in [0.3, 0.4) is 0 Å². The fourth-order valence-electron chi connectivity index (χ4n) is 1.58. The predicted molar refractivity (Wildman–Crippen MR) is 74.1 cm³/mol. The van der Waals surface area contributed by atoms with Crippen LogP contribution in [0.5, 0.6) is 0 Å². The van der Waals surface area contributed by atoms with Crippen LogP contribution in [0.4, 0.5) is 14.5 Å². The summed E-state index contributed by atoms with van der Waals surface area (Å²) >= 11 is 5.68. The summed E-state index contributed by atoms with van der Waals surface area (Å²) < 4.78 is 52.1. The Balaban J connectivity index is 2.19. The van der Waals surface area contributed by atoms with Crippen LogP contribution in [0, 0.1) is 11.6 Å². The molecule has 0 spiro atoms. The molecule has 1 N–H and O–H groups in total. The monoisotopic (exact) mass is 317 g/mol. The maximum Gasteiger partial charge on any atom is 0.237 e. The Morgan fingerprint density at radius 2 is 1.70 bits per heavy atom. The Bertz CT molecular complexity index is 718. The largest absolute Gasteiger partial charge is 0.280 e. The lowest BCUT2D eigenvalue weighted by Gasteiger charge is -2.09. The van der Waals surface area contributed by atoms with E-state index in [-0.39, 0.29) is 16.5 Å². The third-order valence-corrected chi connectivity index (χ3v) is 3.94. The lowest BCUT2D eigenvalue weighted by Crippen LogP contribution is -2.16. The second kappa shape index (κ2) is 5.76. The molecule has 0 saturated heterocycles. The van der Waals surface area contributed by atoms with Crippen LogP contribution >= 0.6 is 11.6 Å². The zero-order valence-corrected chi connectivity index (χ0v) is 11.7. The number of benzene rings is 2. The molecule has 3 nitrogen and oxygen atoms in total. The van der Waals surface area contributed by atoms with Crippen LogP contribution in [0.2, 0.25) is 5.02 Å². The first kappa shape index (κ1) is 14.7. The van der Waals surface area contributed by atoms with Crippen molar-refractivity contribution in [2.75, 3.05) is 4.72 Å². The Morgan fingerprint density at radius 1 is 1.05 bits per heavy atom. The second-order valence-corrected chi connectivity index (χ2v) is 6.27. The highest BCUT2D eigenvalue weighted by atomic mass is 35.5. The van der Waals surface area contributed by atoms with Crippen LogP contribution in [0.15, 0.2) is 42.5 Å². The van der Waals surface area contributed by atoms with Crippen LogP contribution in [0.1, 0.15) is 5.56 Å². The predicted octanol–water partition coefficient (Wildman–Crippen LogP) is 3.56. The van der Waals surface area contributed by atoms with Gasteiger partial charge >= 0.3 is 0 Å². The third-order valence-electron chi connectivity index (χ3n) is 2.46. The number of halogens is 3. The molecular formula is C13H10ClF2NO2S. The van der Waals surface area contributed by atoms with E-state index in [9.17, 15) is 17.2 Å². The molecule has 2 aromatic carbocycles. The molecule has 0 saturated carbocycles. The van der Waals surface area contributed by atoms with Crippen LogP contribution in [-0.4, -0.2) is 8.42 Å². The lowest BCUT2D eigenvalue weighted by atomic mass is 10.2. The van der Waals surface area contributed by atoms with Crippen molar-refractivity contribution < 1.29 is 17.2 Å². The molecule has 7 heteroatoms. The van der Waals surface area contributed by atoms with Crippen LogP contribution in [-0.2, 0) is 15.8 Å². The number of hydrogen-bond acceptors (Lipinski definition) is 2. The summed E-state index contributed by atoms with van der Waals surface area (Å²) in [5.74, 6) is -1.57. The maximum absolute atomic E-state index is 13.5. The molecule has 2 aromatic rings. The van der Waals surface area contributed by atoms with Gasteiger partial charge in [-0.25, -0.2) is 17.2 Å². The molecule has 0 unspecified atom stereocenters. The smallest absolute Gasteiger partial charge is 0.237 e. The van der Waals surface area contributed by atoms with E-state index in [1.807, 2.05) is 0 Å². The van der Waals surface area contributed by atoms with Crippen molar-refractivity contribution in [2.45, 2.75) is 5.75 Å². The molecule has 2 rings (SSSR count). The number of sulfonamides is 1. The van der Waals surface area contributed by atoms with E-state index in [0.29, 0.717) is 5.56 Å². The summed E-state index contributed by atoms with van der Waals surface area (Å²) in [7, 11) is -3.81. The van der Waals surface area contributed by atoms with Gasteiger partial charge in [-0.3, -0.25) is 4.72 Å². The number of nitrogens with one attached hydrogen (secondary N) is 1. The van der Waals surface area contributed by atoms with Crippen LogP contribution in [0.25, 0.3) is 0 Å². The maximum atomic E-state index is 13.5. The normalized spacial score (nSPS) is 11.3. The van der Waals surface area contributed by atoms with Crippen molar-refractivity contribution in [2.24, 2.45) is 0 Å². The topological polar surface area (TPSA) is 46.2 Å². The van der Waals surface area contributed by atoms with Crippen molar-refractivity contribution in [1.29, 1.82) is 0 Å². The lowest BCUT2D eigenvalue weighted by molar-refractivity contribution is 0.597. The van der Waals surface area contributed by atoms with Gasteiger partial charge in [0.1, 0.15) is 11.6 Å². The highest BCUT2D eigenvalue weighted by Crippen LogP contribution is 2.21. The molecule has 106 valence electrons. The molecule has 0 aliphatic heterocycles. The zero-order valence-electron chi connectivity index (χ0n) is 10.1. The SMILES string of the molecule is O=S(=O)(Cc1ccc(F)cc1)Nc1cc(Cl)ccc1F. The molecular weight excluding hydrogens is 308 g/mol. The molecule has 0 amide bonds. The van der Waals surface area contributed by atoms with E-state index >= 15 is 0 Å². The van der Waals surface area contributed by atoms with Gasteiger partial charge in [0.15, 0.2) is 0 Å². The average molecular weight is 318 g/mol. The third kappa shape index (κ3) is 3.91. The molecule has 0 radical (unpaired) electrons. The van der Waals surface area contributed by atoms with Gasteiger partial charge in [0.25, 0.3) is 0 Å². The summed E-state index contributed by atoms with van der Waals surface area (Å²) in [4.78, 5) is 0. The van der Waals surface area contributed by atoms with Gasteiger partial charge in [-0.05, 0) is 35.9 Å². The fraction of sp³-hybridized carbons (Fsp3) is 0.0769. The molecule has 0 atom stereocenters. The fourth-order valence-corrected chi connectivity index (χ4v) is 2.95. The van der Waals surface area contributed by atoms with E-state index in [1.165, 1.54) is 24.3 Å². The van der Waals surface area contributed by atoms with Crippen molar-refractivity contribution in [3.05, 3.63) is 64.7 Å². The quantitative estimate of drug-likeness (QED) is 0.937. The summed E-state index contributed by atoms with van der Waals surface area (Å²) in [6.07, 6.45) is 0. The van der Waals surface area contributed by atoms with Gasteiger partial charge < -0.3 is 0 Å². The van der Waals surface area contributed by atoms with E-state index in [4.69, 9.17) is 11.6 Å². The highest BCUT2D eigenvalue weighted by Gasteiger charge is 2.14. The zero-order chi connectivity index (χ0) is 14.8. The van der Waals surface area contributed by atoms with Gasteiger partial charge in [-0.15, -0.1) is 0 Å². The van der Waals surface area contributed by atoms with Gasteiger partial charge in [-0.2, -0.15) is 0 Å². The molecule has 20 heavy (non-hydrogen) atoms. The minimum Gasteiger partial charge on any atom is -0.280 e. The molecule has 0 bridgehead atoms. The average Bonchev–Trinajstić information content (AvgIpc) is 2.36. The van der Waals surface area contributed by atoms with Crippen molar-refractivity contribution in [1.82, 2.24) is 0 Å². The summed E-state index contributed by atoms with van der Waals surface area (Å²) in [5, 5.41) is 0.214. The Morgan fingerprint density at radius 3 is 2.35 bits per heavy atom. The van der Waals surface area contributed by atoms with Gasteiger partial charge in [-0.1, -0.05) is 23.7 Å². The van der Waals surface area contributed by atoms with Crippen molar-refractivity contribution in [3.8, 4) is 0 Å². The number of hydrogen-bond donors (Lipinski definition) is 1. The standard InChI is InChI=1S/C13H10ClF2NO2S/c14-10-3-6-12(16)13(7-10)17-20(18,19)8-9-1-4-11(15)5-2-9/h1-7,17H,8H2. The minimum absolute atomic E-state index is 0.214. The summed E-state index contributed by atoms with van der Waals surface area (Å²) in [5.41, 5.74) is 0.168. The highest BCUT2D eigenvalue weighted by molar-refractivity contribution is 7.91. The molecule has 0 aliphatic rings. The van der Waals surface area contributed by atoms with Crippen LogP contribution < -0.4 is 4.72 Å². The summed E-state index contributed by atoms with van der Waals surface area (Å²) in [6, 6.07) is 8.58. The summed E-state index contributed by atoms with van der Waals surface area (Å²) in [6.45, 7) is 0. The van der Waals surface area contributed by atoms with Gasteiger partial charge in [0.2, 0.25) is 10.0 Å². The Hall–Kier alpha value is -1.66.